The topological polar surface area (TPSA) is 0 Å². The van der Waals surface area contributed by atoms with E-state index >= 15 is 0 Å². The van der Waals surface area contributed by atoms with Gasteiger partial charge < -0.3 is 0 Å². The zero-order valence-electron chi connectivity index (χ0n) is 13.2. The van der Waals surface area contributed by atoms with E-state index in [1.54, 1.807) is 27.4 Å². The maximum Gasteiger partial charge on any atom is 0.0883 e. The molecule has 0 saturated heterocycles. The summed E-state index contributed by atoms with van der Waals surface area (Å²) in [5.74, 6) is 0. The maximum absolute atomic E-state index is 2.60. The van der Waals surface area contributed by atoms with Gasteiger partial charge in [-0.05, 0) is 59.9 Å². The predicted octanol–water partition coefficient (Wildman–Crippen LogP) is 4.36. The van der Waals surface area contributed by atoms with Crippen LogP contribution in [0.2, 0.25) is 13.1 Å². The van der Waals surface area contributed by atoms with E-state index in [4.69, 9.17) is 0 Å². The van der Waals surface area contributed by atoms with Crippen LogP contribution in [0.1, 0.15) is 40.6 Å². The molecule has 108 valence electrons. The van der Waals surface area contributed by atoms with Crippen LogP contribution in [0.25, 0.3) is 0 Å². The van der Waals surface area contributed by atoms with Crippen LogP contribution in [0.5, 0.6) is 0 Å². The molecule has 1 unspecified atom stereocenters. The molecule has 2 aliphatic carbocycles. The van der Waals surface area contributed by atoms with E-state index in [0.717, 1.165) is 5.54 Å². The first kappa shape index (κ1) is 13.3. The third-order valence-corrected chi connectivity index (χ3v) is 10.0. The Kier molecular flexibility index (Phi) is 3.07. The molecule has 0 radical (unpaired) electrons. The minimum Gasteiger partial charge on any atom is -0.0650 e. The second-order valence-electron chi connectivity index (χ2n) is 7.31. The molecule has 0 aliphatic heterocycles. The quantitative estimate of drug-likeness (QED) is 0.722. The van der Waals surface area contributed by atoms with Crippen molar-refractivity contribution in [3.63, 3.8) is 0 Å². The number of hydrogen-bond acceptors (Lipinski definition) is 0. The lowest BCUT2D eigenvalue weighted by Gasteiger charge is -2.33. The molecule has 0 bridgehead atoms. The Morgan fingerprint density at radius 1 is 0.857 bits per heavy atom. The van der Waals surface area contributed by atoms with Gasteiger partial charge >= 0.3 is 0 Å². The summed E-state index contributed by atoms with van der Waals surface area (Å²) in [5, 5.41) is 1.75. The lowest BCUT2D eigenvalue weighted by atomic mass is 10.1. The van der Waals surface area contributed by atoms with E-state index in [1.807, 2.05) is 0 Å². The molecule has 21 heavy (non-hydrogen) atoms. The summed E-state index contributed by atoms with van der Waals surface area (Å²) in [7, 11) is -1.45. The summed E-state index contributed by atoms with van der Waals surface area (Å²) in [5.41, 5.74) is 7.43. The zero-order chi connectivity index (χ0) is 14.4. The van der Waals surface area contributed by atoms with Crippen molar-refractivity contribution in [3.8, 4) is 0 Å². The first-order chi connectivity index (χ1) is 10.2. The van der Waals surface area contributed by atoms with E-state index in [9.17, 15) is 0 Å². The van der Waals surface area contributed by atoms with Gasteiger partial charge in [0, 0.05) is 0 Å². The van der Waals surface area contributed by atoms with Gasteiger partial charge in [0.15, 0.2) is 0 Å². The first-order valence-corrected chi connectivity index (χ1v) is 11.4. The molecule has 1 heteroatoms. The van der Waals surface area contributed by atoms with Crippen LogP contribution in [-0.4, -0.2) is 8.07 Å². The highest BCUT2D eigenvalue weighted by Gasteiger charge is 2.40. The Bertz CT molecular complexity index is 684. The summed E-state index contributed by atoms with van der Waals surface area (Å²) in [4.78, 5) is 0. The average Bonchev–Trinajstić information content (AvgIpc) is 3.13. The second kappa shape index (κ2) is 4.84. The Hall–Kier alpha value is -1.34. The van der Waals surface area contributed by atoms with Crippen LogP contribution in [0.3, 0.4) is 0 Å². The minimum atomic E-state index is -1.45. The van der Waals surface area contributed by atoms with Gasteiger partial charge in [-0.15, -0.1) is 0 Å². The van der Waals surface area contributed by atoms with Crippen molar-refractivity contribution in [2.45, 2.75) is 50.7 Å². The van der Waals surface area contributed by atoms with Crippen LogP contribution >= 0.6 is 0 Å². The van der Waals surface area contributed by atoms with Crippen LogP contribution < -0.4 is 5.19 Å². The molecule has 0 N–H and O–H groups in total. The van der Waals surface area contributed by atoms with Crippen molar-refractivity contribution in [2.24, 2.45) is 0 Å². The molecule has 0 spiro atoms. The molecule has 0 saturated carbocycles. The lowest BCUT2D eigenvalue weighted by molar-refractivity contribution is 0.852. The fourth-order valence-electron chi connectivity index (χ4n) is 4.72. The Balaban J connectivity index is 1.80. The number of hydrogen-bond donors (Lipinski definition) is 0. The number of fused-ring (bicyclic) bond motifs is 2. The average molecular weight is 292 g/mol. The van der Waals surface area contributed by atoms with Crippen LogP contribution in [0.15, 0.2) is 42.5 Å². The van der Waals surface area contributed by atoms with Crippen molar-refractivity contribution in [1.29, 1.82) is 0 Å². The van der Waals surface area contributed by atoms with E-state index in [1.165, 1.54) is 32.1 Å². The van der Waals surface area contributed by atoms with Crippen LogP contribution in [0, 0.1) is 0 Å². The fourth-order valence-corrected chi connectivity index (χ4v) is 8.61. The molecule has 0 fully saturated rings. The summed E-state index contributed by atoms with van der Waals surface area (Å²) < 4.78 is 0. The lowest BCUT2D eigenvalue weighted by Crippen LogP contribution is -2.48. The molecule has 2 aromatic carbocycles. The predicted molar refractivity (Wildman–Crippen MR) is 93.1 cm³/mol. The smallest absolute Gasteiger partial charge is 0.0650 e. The Labute approximate surface area is 129 Å². The largest absolute Gasteiger partial charge is 0.0883 e. The number of rotatable bonds is 2. The van der Waals surface area contributed by atoms with Gasteiger partial charge in [0.2, 0.25) is 0 Å². The molecule has 2 aliphatic rings. The third kappa shape index (κ3) is 2.02. The van der Waals surface area contributed by atoms with E-state index in [-0.39, 0.29) is 0 Å². The van der Waals surface area contributed by atoms with E-state index < -0.39 is 8.07 Å². The Morgan fingerprint density at radius 3 is 2.57 bits per heavy atom. The van der Waals surface area contributed by atoms with Gasteiger partial charge in [-0.25, -0.2) is 0 Å². The third-order valence-electron chi connectivity index (χ3n) is 5.84. The fraction of sp³-hybridized carbons (Fsp3) is 0.400. The minimum absolute atomic E-state index is 0.806. The van der Waals surface area contributed by atoms with Crippen molar-refractivity contribution >= 4 is 13.3 Å². The highest BCUT2D eigenvalue weighted by atomic mass is 28.3. The van der Waals surface area contributed by atoms with Gasteiger partial charge in [0.1, 0.15) is 0 Å². The normalized spacial score (nSPS) is 20.4. The van der Waals surface area contributed by atoms with E-state index in [2.05, 4.69) is 55.6 Å². The molecular weight excluding hydrogens is 268 g/mol. The van der Waals surface area contributed by atoms with Crippen molar-refractivity contribution < 1.29 is 0 Å². The SMILES string of the molecule is C[Si](C)(c1cccc2c1CCC2)C1CCc2ccccc21. The highest BCUT2D eigenvalue weighted by molar-refractivity contribution is 6.91. The summed E-state index contributed by atoms with van der Waals surface area (Å²) in [6.45, 7) is 5.21. The molecule has 0 amide bonds. The number of aryl methyl sites for hydroxylation is 2. The van der Waals surface area contributed by atoms with Gasteiger partial charge in [-0.3, -0.25) is 0 Å². The molecule has 4 rings (SSSR count). The zero-order valence-corrected chi connectivity index (χ0v) is 14.2. The molecule has 0 nitrogen and oxygen atoms in total. The highest BCUT2D eigenvalue weighted by Crippen LogP contribution is 2.40. The van der Waals surface area contributed by atoms with Crippen LogP contribution in [-0.2, 0) is 19.3 Å². The van der Waals surface area contributed by atoms with Gasteiger partial charge in [-0.1, -0.05) is 60.7 Å². The van der Waals surface area contributed by atoms with Gasteiger partial charge in [0.25, 0.3) is 0 Å². The van der Waals surface area contributed by atoms with Gasteiger partial charge in [0.05, 0.1) is 8.07 Å². The molecule has 0 heterocycles. The maximum atomic E-state index is 2.60. The van der Waals surface area contributed by atoms with Crippen molar-refractivity contribution in [1.82, 2.24) is 0 Å². The molecular formula is C20H24Si. The van der Waals surface area contributed by atoms with Crippen molar-refractivity contribution in [3.05, 3.63) is 64.7 Å². The molecule has 0 aromatic heterocycles. The Morgan fingerprint density at radius 2 is 1.67 bits per heavy atom. The first-order valence-electron chi connectivity index (χ1n) is 8.37. The van der Waals surface area contributed by atoms with Crippen LogP contribution in [0.4, 0.5) is 0 Å². The number of benzene rings is 2. The standard InChI is InChI=1S/C20H24Si/c1-21(2,19-12-6-9-15-8-5-11-18(15)19)20-14-13-16-7-3-4-10-17(16)20/h3-4,6-7,9-10,12,20H,5,8,11,13-14H2,1-2H3. The summed E-state index contributed by atoms with van der Waals surface area (Å²) in [6.07, 6.45) is 6.62. The molecule has 1 atom stereocenters. The van der Waals surface area contributed by atoms with E-state index in [0.29, 0.717) is 0 Å². The van der Waals surface area contributed by atoms with Crippen molar-refractivity contribution in [2.75, 3.05) is 0 Å². The summed E-state index contributed by atoms with van der Waals surface area (Å²) >= 11 is 0. The monoisotopic (exact) mass is 292 g/mol. The second-order valence-corrected chi connectivity index (χ2v) is 12.0. The summed E-state index contributed by atoms with van der Waals surface area (Å²) in [6, 6.07) is 16.3. The molecule has 2 aromatic rings. The van der Waals surface area contributed by atoms with Gasteiger partial charge in [-0.2, -0.15) is 0 Å².